The van der Waals surface area contributed by atoms with Crippen LogP contribution >= 0.6 is 27.5 Å². The Morgan fingerprint density at radius 3 is 2.53 bits per heavy atom. The van der Waals surface area contributed by atoms with E-state index in [1.165, 1.54) is 12.8 Å². The number of rotatable bonds is 2. The Labute approximate surface area is 116 Å². The van der Waals surface area contributed by atoms with Crippen LogP contribution in [0, 0.1) is 11.8 Å². The average Bonchev–Trinajstić information content (AvgIpc) is 2.29. The number of benzene rings is 1. The van der Waals surface area contributed by atoms with Crippen molar-refractivity contribution in [2.24, 2.45) is 11.8 Å². The molecule has 1 saturated carbocycles. The number of hydrogen-bond donors (Lipinski definition) is 0. The third-order valence-corrected chi connectivity index (χ3v) is 4.47. The van der Waals surface area contributed by atoms with Gasteiger partial charge < -0.3 is 0 Å². The van der Waals surface area contributed by atoms with E-state index in [1.807, 2.05) is 6.07 Å². The summed E-state index contributed by atoms with van der Waals surface area (Å²) < 4.78 is 0.814. The minimum atomic E-state index is 0.198. The number of carbonyl (C=O) groups is 1. The molecule has 1 aromatic rings. The van der Waals surface area contributed by atoms with Crippen LogP contribution in [0.4, 0.5) is 0 Å². The van der Waals surface area contributed by atoms with Crippen LogP contribution in [0.1, 0.15) is 43.0 Å². The normalized spacial score (nSPS) is 24.6. The molecular formula is C14H16BrClO. The maximum absolute atomic E-state index is 12.4. The van der Waals surface area contributed by atoms with Gasteiger partial charge in [-0.3, -0.25) is 4.79 Å². The molecule has 1 fully saturated rings. The summed E-state index contributed by atoms with van der Waals surface area (Å²) in [5, 5.41) is 0.658. The van der Waals surface area contributed by atoms with Crippen molar-refractivity contribution in [3.63, 3.8) is 0 Å². The van der Waals surface area contributed by atoms with Crippen molar-refractivity contribution < 1.29 is 4.79 Å². The van der Waals surface area contributed by atoms with Crippen LogP contribution in [0.25, 0.3) is 0 Å². The highest BCUT2D eigenvalue weighted by Gasteiger charge is 2.26. The van der Waals surface area contributed by atoms with Gasteiger partial charge >= 0.3 is 0 Å². The lowest BCUT2D eigenvalue weighted by molar-refractivity contribution is 0.0875. The van der Waals surface area contributed by atoms with Gasteiger partial charge in [0.05, 0.1) is 0 Å². The predicted molar refractivity (Wildman–Crippen MR) is 74.6 cm³/mol. The first-order chi connectivity index (χ1) is 8.08. The molecule has 1 aliphatic rings. The Morgan fingerprint density at radius 2 is 1.94 bits per heavy atom. The van der Waals surface area contributed by atoms with Crippen LogP contribution in [-0.4, -0.2) is 5.78 Å². The predicted octanol–water partition coefficient (Wildman–Crippen LogP) is 5.11. The van der Waals surface area contributed by atoms with E-state index in [0.717, 1.165) is 28.8 Å². The first-order valence-corrected chi connectivity index (χ1v) is 7.24. The fourth-order valence-corrected chi connectivity index (χ4v) is 3.31. The molecule has 2 rings (SSSR count). The molecule has 1 nitrogen and oxygen atoms in total. The molecule has 1 aliphatic carbocycles. The van der Waals surface area contributed by atoms with Gasteiger partial charge in [0.1, 0.15) is 0 Å². The second-order valence-corrected chi connectivity index (χ2v) is 6.24. The largest absolute Gasteiger partial charge is 0.294 e. The highest BCUT2D eigenvalue weighted by molar-refractivity contribution is 9.10. The molecule has 0 atom stereocenters. The summed E-state index contributed by atoms with van der Waals surface area (Å²) >= 11 is 9.31. The average molecular weight is 316 g/mol. The van der Waals surface area contributed by atoms with Crippen LogP contribution in [0.5, 0.6) is 0 Å². The molecule has 0 bridgehead atoms. The van der Waals surface area contributed by atoms with Crippen molar-refractivity contribution in [3.05, 3.63) is 33.3 Å². The van der Waals surface area contributed by atoms with Gasteiger partial charge in [0, 0.05) is 21.0 Å². The van der Waals surface area contributed by atoms with E-state index in [1.54, 1.807) is 12.1 Å². The zero-order chi connectivity index (χ0) is 12.4. The van der Waals surface area contributed by atoms with Gasteiger partial charge in [0.25, 0.3) is 0 Å². The van der Waals surface area contributed by atoms with Crippen LogP contribution in [0.2, 0.25) is 5.02 Å². The molecule has 0 amide bonds. The van der Waals surface area contributed by atoms with E-state index in [0.29, 0.717) is 5.02 Å². The third kappa shape index (κ3) is 3.11. The number of carbonyl (C=O) groups excluding carboxylic acids is 1. The molecule has 0 heterocycles. The van der Waals surface area contributed by atoms with E-state index in [2.05, 4.69) is 22.9 Å². The topological polar surface area (TPSA) is 17.1 Å². The van der Waals surface area contributed by atoms with Gasteiger partial charge in [-0.05, 0) is 52.9 Å². The van der Waals surface area contributed by atoms with Crippen molar-refractivity contribution >= 4 is 33.3 Å². The lowest BCUT2D eigenvalue weighted by Gasteiger charge is -2.25. The smallest absolute Gasteiger partial charge is 0.167 e. The van der Waals surface area contributed by atoms with Gasteiger partial charge in [0.15, 0.2) is 5.78 Å². The Bertz CT molecular complexity index is 422. The zero-order valence-corrected chi connectivity index (χ0v) is 12.2. The van der Waals surface area contributed by atoms with E-state index < -0.39 is 0 Å². The van der Waals surface area contributed by atoms with E-state index >= 15 is 0 Å². The molecule has 0 radical (unpaired) electrons. The standard InChI is InChI=1S/C14H16BrClO/c1-9-2-4-10(5-3-9)14(17)12-7-6-11(16)8-13(12)15/h6-10H,2-5H2,1H3. The van der Waals surface area contributed by atoms with Gasteiger partial charge in [-0.15, -0.1) is 0 Å². The van der Waals surface area contributed by atoms with Crippen molar-refractivity contribution in [1.29, 1.82) is 0 Å². The SMILES string of the molecule is CC1CCC(C(=O)c2ccc(Cl)cc2Br)CC1. The lowest BCUT2D eigenvalue weighted by atomic mass is 9.79. The van der Waals surface area contributed by atoms with Crippen LogP contribution < -0.4 is 0 Å². The van der Waals surface area contributed by atoms with E-state index in [-0.39, 0.29) is 11.7 Å². The van der Waals surface area contributed by atoms with Crippen molar-refractivity contribution in [2.75, 3.05) is 0 Å². The quantitative estimate of drug-likeness (QED) is 0.693. The summed E-state index contributed by atoms with van der Waals surface area (Å²) in [7, 11) is 0. The number of halogens is 2. The molecule has 0 spiro atoms. The zero-order valence-electron chi connectivity index (χ0n) is 9.88. The second kappa shape index (κ2) is 5.53. The van der Waals surface area contributed by atoms with Crippen molar-refractivity contribution in [3.8, 4) is 0 Å². The van der Waals surface area contributed by atoms with Gasteiger partial charge in [-0.25, -0.2) is 0 Å². The monoisotopic (exact) mass is 314 g/mol. The highest BCUT2D eigenvalue weighted by atomic mass is 79.9. The van der Waals surface area contributed by atoms with E-state index in [4.69, 9.17) is 11.6 Å². The van der Waals surface area contributed by atoms with Crippen molar-refractivity contribution in [1.82, 2.24) is 0 Å². The fraction of sp³-hybridized carbons (Fsp3) is 0.500. The van der Waals surface area contributed by atoms with Gasteiger partial charge in [0.2, 0.25) is 0 Å². The fourth-order valence-electron chi connectivity index (χ4n) is 2.43. The molecule has 0 aromatic heterocycles. The molecular weight excluding hydrogens is 300 g/mol. The van der Waals surface area contributed by atoms with Crippen LogP contribution in [0.15, 0.2) is 22.7 Å². The maximum atomic E-state index is 12.4. The summed E-state index contributed by atoms with van der Waals surface area (Å²) in [5.41, 5.74) is 0.772. The van der Waals surface area contributed by atoms with Crippen molar-refractivity contribution in [2.45, 2.75) is 32.6 Å². The van der Waals surface area contributed by atoms with Crippen LogP contribution in [-0.2, 0) is 0 Å². The lowest BCUT2D eigenvalue weighted by Crippen LogP contribution is -2.21. The number of Topliss-reactive ketones (excluding diaryl/α,β-unsaturated/α-hetero) is 1. The Balaban J connectivity index is 2.14. The summed E-state index contributed by atoms with van der Waals surface area (Å²) in [4.78, 5) is 12.4. The minimum absolute atomic E-state index is 0.198. The summed E-state index contributed by atoms with van der Waals surface area (Å²) in [5.74, 6) is 1.23. The summed E-state index contributed by atoms with van der Waals surface area (Å²) in [6.07, 6.45) is 4.38. The molecule has 3 heteroatoms. The minimum Gasteiger partial charge on any atom is -0.294 e. The van der Waals surface area contributed by atoms with Crippen LogP contribution in [0.3, 0.4) is 0 Å². The maximum Gasteiger partial charge on any atom is 0.167 e. The summed E-state index contributed by atoms with van der Waals surface area (Å²) in [6.45, 7) is 2.26. The molecule has 0 saturated heterocycles. The molecule has 0 N–H and O–H groups in total. The highest BCUT2D eigenvalue weighted by Crippen LogP contribution is 2.32. The number of ketones is 1. The summed E-state index contributed by atoms with van der Waals surface area (Å²) in [6, 6.07) is 5.40. The Kier molecular flexibility index (Phi) is 4.26. The Hall–Kier alpha value is -0.340. The Morgan fingerprint density at radius 1 is 1.29 bits per heavy atom. The number of hydrogen-bond acceptors (Lipinski definition) is 1. The molecule has 17 heavy (non-hydrogen) atoms. The van der Waals surface area contributed by atoms with Gasteiger partial charge in [-0.1, -0.05) is 31.4 Å². The third-order valence-electron chi connectivity index (χ3n) is 3.58. The molecule has 92 valence electrons. The van der Waals surface area contributed by atoms with Gasteiger partial charge in [-0.2, -0.15) is 0 Å². The molecule has 1 aromatic carbocycles. The molecule has 0 aliphatic heterocycles. The first-order valence-electron chi connectivity index (χ1n) is 6.07. The van der Waals surface area contributed by atoms with E-state index in [9.17, 15) is 4.79 Å². The second-order valence-electron chi connectivity index (χ2n) is 4.95. The first kappa shape index (κ1) is 13.1. The molecule has 0 unspecified atom stereocenters.